The van der Waals surface area contributed by atoms with Crippen LogP contribution in [-0.4, -0.2) is 64.0 Å². The number of nitrogens with one attached hydrogen (secondary N) is 1. The molecular weight excluding hydrogens is 386 g/mol. The molecule has 0 aliphatic carbocycles. The van der Waals surface area contributed by atoms with Gasteiger partial charge in [-0.15, -0.1) is 0 Å². The highest BCUT2D eigenvalue weighted by molar-refractivity contribution is 6.38. The molecule has 3 aromatic rings. The zero-order valence-electron chi connectivity index (χ0n) is 16.0. The molecule has 1 aliphatic rings. The number of benzene rings is 1. The summed E-state index contributed by atoms with van der Waals surface area (Å²) in [5, 5.41) is 4.33. The lowest BCUT2D eigenvalue weighted by molar-refractivity contribution is 0.0303. The predicted molar refractivity (Wildman–Crippen MR) is 112 cm³/mol. The number of pyridine rings is 1. The molecule has 10 nitrogen and oxygen atoms in total. The van der Waals surface area contributed by atoms with Crippen LogP contribution in [-0.2, 0) is 4.74 Å². The topological polar surface area (TPSA) is 139 Å². The van der Waals surface area contributed by atoms with E-state index in [1.54, 1.807) is 41.4 Å². The fraction of sp³-hybridized carbons (Fsp3) is 0.200. The van der Waals surface area contributed by atoms with E-state index >= 15 is 0 Å². The predicted octanol–water partition coefficient (Wildman–Crippen LogP) is 0.856. The van der Waals surface area contributed by atoms with Crippen molar-refractivity contribution in [3.8, 4) is 0 Å². The van der Waals surface area contributed by atoms with E-state index in [4.69, 9.17) is 10.6 Å². The molecule has 0 unspecified atom stereocenters. The Morgan fingerprint density at radius 1 is 1.23 bits per heavy atom. The van der Waals surface area contributed by atoms with E-state index in [1.807, 2.05) is 0 Å². The van der Waals surface area contributed by atoms with Crippen LogP contribution in [0.5, 0.6) is 0 Å². The maximum Gasteiger partial charge on any atom is 0.259 e. The van der Waals surface area contributed by atoms with Crippen molar-refractivity contribution in [2.45, 2.75) is 0 Å². The number of ether oxygens (including phenoxy) is 1. The van der Waals surface area contributed by atoms with E-state index in [9.17, 15) is 9.59 Å². The molecule has 3 N–H and O–H groups in total. The van der Waals surface area contributed by atoms with E-state index in [0.717, 1.165) is 0 Å². The molecule has 3 heterocycles. The van der Waals surface area contributed by atoms with Crippen LogP contribution in [0.15, 0.2) is 57.7 Å². The molecule has 1 saturated heterocycles. The molecule has 30 heavy (non-hydrogen) atoms. The molecule has 0 radical (unpaired) electrons. The number of fused-ring (bicyclic) bond motifs is 1. The first-order valence-electron chi connectivity index (χ1n) is 9.28. The fourth-order valence-electron chi connectivity index (χ4n) is 3.08. The minimum absolute atomic E-state index is 0.0389. The summed E-state index contributed by atoms with van der Waals surface area (Å²) in [5.41, 5.74) is 1.67. The van der Waals surface area contributed by atoms with Crippen LogP contribution in [0.1, 0.15) is 15.9 Å². The third kappa shape index (κ3) is 4.08. The lowest BCUT2D eigenvalue weighted by Crippen LogP contribution is -2.40. The van der Waals surface area contributed by atoms with Gasteiger partial charge in [0.15, 0.2) is 0 Å². The Hall–Kier alpha value is -3.92. The van der Waals surface area contributed by atoms with Crippen molar-refractivity contribution >= 4 is 34.6 Å². The number of rotatable bonds is 4. The second-order valence-corrected chi connectivity index (χ2v) is 6.56. The van der Waals surface area contributed by atoms with Crippen molar-refractivity contribution in [3.63, 3.8) is 0 Å². The number of aliphatic imine (C=N–C) groups is 1. The lowest BCUT2D eigenvalue weighted by atomic mass is 10.1. The lowest BCUT2D eigenvalue weighted by Gasteiger charge is -2.26. The van der Waals surface area contributed by atoms with Crippen molar-refractivity contribution in [2.75, 3.05) is 26.3 Å². The minimum atomic E-state index is -0.386. The summed E-state index contributed by atoms with van der Waals surface area (Å²) < 4.78 is 5.27. The average molecular weight is 405 g/mol. The quantitative estimate of drug-likeness (QED) is 0.375. The molecule has 4 rings (SSSR count). The number of H-pyrrole nitrogens is 1. The molecule has 1 aromatic carbocycles. The summed E-state index contributed by atoms with van der Waals surface area (Å²) in [7, 11) is 0. The van der Waals surface area contributed by atoms with E-state index in [1.165, 1.54) is 12.5 Å². The standard InChI is InChI=1S/C20H19N7O3/c21-26-17(16-9-14-10-22-12-24-18(14)25-19(16)28)11-23-15-3-1-13(2-4-15)20(29)27-5-7-30-8-6-27/h1-4,9-12H,5-8,21H2,(H,22,24,25,28). The number of aromatic amines is 1. The van der Waals surface area contributed by atoms with Gasteiger partial charge in [0.2, 0.25) is 0 Å². The van der Waals surface area contributed by atoms with Gasteiger partial charge >= 0.3 is 0 Å². The summed E-state index contributed by atoms with van der Waals surface area (Å²) in [5.74, 6) is 5.44. The van der Waals surface area contributed by atoms with Gasteiger partial charge < -0.3 is 20.5 Å². The van der Waals surface area contributed by atoms with Gasteiger partial charge in [-0.25, -0.2) is 9.97 Å². The van der Waals surface area contributed by atoms with Crippen molar-refractivity contribution in [2.24, 2.45) is 15.9 Å². The molecule has 0 spiro atoms. The molecular formula is C20H19N7O3. The van der Waals surface area contributed by atoms with Crippen molar-refractivity contribution in [3.05, 3.63) is 64.3 Å². The van der Waals surface area contributed by atoms with Crippen LogP contribution in [0, 0.1) is 0 Å². The van der Waals surface area contributed by atoms with Gasteiger partial charge in [0.1, 0.15) is 17.7 Å². The maximum atomic E-state index is 12.5. The van der Waals surface area contributed by atoms with Crippen LogP contribution < -0.4 is 11.4 Å². The number of hydrazone groups is 1. The van der Waals surface area contributed by atoms with Gasteiger partial charge in [-0.3, -0.25) is 14.6 Å². The summed E-state index contributed by atoms with van der Waals surface area (Å²) in [4.78, 5) is 41.6. The summed E-state index contributed by atoms with van der Waals surface area (Å²) >= 11 is 0. The Morgan fingerprint density at radius 2 is 2.00 bits per heavy atom. The number of nitrogens with two attached hydrogens (primary N) is 1. The number of aromatic nitrogens is 3. The van der Waals surface area contributed by atoms with Gasteiger partial charge in [0.05, 0.1) is 30.7 Å². The molecule has 2 aromatic heterocycles. The first kappa shape index (κ1) is 19.4. The molecule has 0 atom stereocenters. The van der Waals surface area contributed by atoms with E-state index in [-0.39, 0.29) is 22.7 Å². The second-order valence-electron chi connectivity index (χ2n) is 6.56. The molecule has 0 saturated carbocycles. The van der Waals surface area contributed by atoms with E-state index in [0.29, 0.717) is 48.6 Å². The van der Waals surface area contributed by atoms with Crippen LogP contribution in [0.2, 0.25) is 0 Å². The number of hydrogen-bond acceptors (Lipinski definition) is 8. The minimum Gasteiger partial charge on any atom is -0.378 e. The molecule has 1 aliphatic heterocycles. The molecule has 1 fully saturated rings. The second kappa shape index (κ2) is 8.62. The van der Waals surface area contributed by atoms with Crippen LogP contribution >= 0.6 is 0 Å². The number of amides is 1. The molecule has 1 amide bonds. The Labute approximate surface area is 171 Å². The highest BCUT2D eigenvalue weighted by Gasteiger charge is 2.18. The monoisotopic (exact) mass is 405 g/mol. The smallest absolute Gasteiger partial charge is 0.259 e. The summed E-state index contributed by atoms with van der Waals surface area (Å²) in [6.07, 6.45) is 4.33. The number of carbonyl (C=O) groups excluding carboxylic acids is 1. The van der Waals surface area contributed by atoms with E-state index in [2.05, 4.69) is 25.0 Å². The van der Waals surface area contributed by atoms with Gasteiger partial charge in [0.25, 0.3) is 11.5 Å². The SMILES string of the molecule is NN=C(C=Nc1ccc(C(=O)N2CCOCC2)cc1)c1cc2cncnc2[nH]c1=O. The number of hydrogen-bond donors (Lipinski definition) is 2. The Bertz CT molecular complexity index is 1180. The van der Waals surface area contributed by atoms with Gasteiger partial charge in [-0.1, -0.05) is 0 Å². The van der Waals surface area contributed by atoms with Crippen molar-refractivity contribution in [1.82, 2.24) is 19.9 Å². The Balaban J connectivity index is 1.53. The third-order valence-corrected chi connectivity index (χ3v) is 4.68. The Kier molecular flexibility index (Phi) is 5.57. The van der Waals surface area contributed by atoms with Gasteiger partial charge in [-0.2, -0.15) is 5.10 Å². The maximum absolute atomic E-state index is 12.5. The van der Waals surface area contributed by atoms with Crippen molar-refractivity contribution < 1.29 is 9.53 Å². The summed E-state index contributed by atoms with van der Waals surface area (Å²) in [6.45, 7) is 2.27. The number of carbonyl (C=O) groups is 1. The first-order chi connectivity index (χ1) is 14.7. The first-order valence-corrected chi connectivity index (χ1v) is 9.28. The van der Waals surface area contributed by atoms with Crippen LogP contribution in [0.3, 0.4) is 0 Å². The van der Waals surface area contributed by atoms with Crippen LogP contribution in [0.25, 0.3) is 11.0 Å². The average Bonchev–Trinajstić information content (AvgIpc) is 2.80. The zero-order chi connectivity index (χ0) is 20.9. The highest BCUT2D eigenvalue weighted by Crippen LogP contribution is 2.15. The molecule has 0 bridgehead atoms. The van der Waals surface area contributed by atoms with Gasteiger partial charge in [0, 0.05) is 30.2 Å². The third-order valence-electron chi connectivity index (χ3n) is 4.68. The zero-order valence-corrected chi connectivity index (χ0v) is 16.0. The van der Waals surface area contributed by atoms with E-state index < -0.39 is 0 Å². The number of morpholine rings is 1. The molecule has 10 heteroatoms. The normalized spacial score (nSPS) is 15.1. The fourth-order valence-corrected chi connectivity index (χ4v) is 3.08. The highest BCUT2D eigenvalue weighted by atomic mass is 16.5. The Morgan fingerprint density at radius 3 is 2.73 bits per heavy atom. The van der Waals surface area contributed by atoms with Crippen LogP contribution in [0.4, 0.5) is 5.69 Å². The van der Waals surface area contributed by atoms with Gasteiger partial charge in [-0.05, 0) is 30.3 Å². The summed E-state index contributed by atoms with van der Waals surface area (Å²) in [6, 6.07) is 8.47. The van der Waals surface area contributed by atoms with Crippen molar-refractivity contribution in [1.29, 1.82) is 0 Å². The molecule has 152 valence electrons. The number of nitrogens with zero attached hydrogens (tertiary/aromatic N) is 5. The largest absolute Gasteiger partial charge is 0.378 e.